The maximum absolute atomic E-state index is 13.4. The molecule has 0 spiro atoms. The van der Waals surface area contributed by atoms with Crippen LogP contribution >= 0.6 is 0 Å². The van der Waals surface area contributed by atoms with Gasteiger partial charge in [-0.25, -0.2) is 15.2 Å². The number of hydrogen-bond acceptors (Lipinski definition) is 4. The number of aryl methyl sites for hydroxylation is 1. The number of likely N-dealkylation sites (tertiary alicyclic amines) is 1. The van der Waals surface area contributed by atoms with E-state index in [9.17, 15) is 9.18 Å². The third-order valence-corrected chi connectivity index (χ3v) is 5.14. The Hall–Kier alpha value is -1.50. The van der Waals surface area contributed by atoms with Crippen LogP contribution in [0.15, 0.2) is 18.2 Å². The molecule has 1 aromatic carbocycles. The van der Waals surface area contributed by atoms with Crippen molar-refractivity contribution in [2.75, 3.05) is 19.6 Å². The number of hydrogen-bond donors (Lipinski definition) is 3. The SMILES string of the molecule is Cc1cc(C2CC(C(=O)NCC(C)N3CCCC3)NN2)ccc1F. The fourth-order valence-corrected chi connectivity index (χ4v) is 3.51. The molecule has 0 radical (unpaired) electrons. The molecule has 3 atom stereocenters. The normalized spacial score (nSPS) is 25.8. The minimum absolute atomic E-state index is 0.0230. The molecule has 5 nitrogen and oxygen atoms in total. The molecule has 3 N–H and O–H groups in total. The van der Waals surface area contributed by atoms with Crippen LogP contribution in [0.5, 0.6) is 0 Å². The molecule has 2 fully saturated rings. The van der Waals surface area contributed by atoms with Gasteiger partial charge in [-0.1, -0.05) is 12.1 Å². The van der Waals surface area contributed by atoms with Crippen molar-refractivity contribution in [1.82, 2.24) is 21.1 Å². The van der Waals surface area contributed by atoms with Crippen molar-refractivity contribution in [3.05, 3.63) is 35.1 Å². The van der Waals surface area contributed by atoms with E-state index >= 15 is 0 Å². The van der Waals surface area contributed by atoms with Gasteiger partial charge in [0.25, 0.3) is 0 Å². The van der Waals surface area contributed by atoms with Crippen molar-refractivity contribution in [2.24, 2.45) is 0 Å². The third kappa shape index (κ3) is 3.94. The van der Waals surface area contributed by atoms with Crippen LogP contribution in [0.3, 0.4) is 0 Å². The van der Waals surface area contributed by atoms with Crippen molar-refractivity contribution >= 4 is 5.91 Å². The van der Waals surface area contributed by atoms with Crippen LogP contribution in [-0.4, -0.2) is 42.5 Å². The number of carbonyl (C=O) groups excluding carboxylic acids is 1. The summed E-state index contributed by atoms with van der Waals surface area (Å²) in [5.41, 5.74) is 7.84. The Balaban J connectivity index is 1.49. The Morgan fingerprint density at radius 1 is 1.38 bits per heavy atom. The topological polar surface area (TPSA) is 56.4 Å². The molecule has 0 bridgehead atoms. The number of halogens is 1. The van der Waals surface area contributed by atoms with E-state index in [0.717, 1.165) is 18.7 Å². The minimum Gasteiger partial charge on any atom is -0.353 e. The maximum atomic E-state index is 13.4. The molecule has 132 valence electrons. The first-order chi connectivity index (χ1) is 11.5. The number of amides is 1. The highest BCUT2D eigenvalue weighted by molar-refractivity contribution is 5.82. The number of carbonyl (C=O) groups is 1. The summed E-state index contributed by atoms with van der Waals surface area (Å²) in [6.07, 6.45) is 3.17. The van der Waals surface area contributed by atoms with Crippen molar-refractivity contribution in [2.45, 2.75) is 51.2 Å². The van der Waals surface area contributed by atoms with E-state index in [1.165, 1.54) is 18.9 Å². The lowest BCUT2D eigenvalue weighted by Crippen LogP contribution is -2.47. The van der Waals surface area contributed by atoms with Crippen LogP contribution in [-0.2, 0) is 4.79 Å². The molecular formula is C18H27FN4O. The zero-order valence-corrected chi connectivity index (χ0v) is 14.4. The van der Waals surface area contributed by atoms with Crippen LogP contribution in [0, 0.1) is 12.7 Å². The Morgan fingerprint density at radius 3 is 2.83 bits per heavy atom. The summed E-state index contributed by atoms with van der Waals surface area (Å²) >= 11 is 0. The molecule has 3 rings (SSSR count). The highest BCUT2D eigenvalue weighted by Gasteiger charge is 2.30. The molecular weight excluding hydrogens is 307 g/mol. The quantitative estimate of drug-likeness (QED) is 0.766. The highest BCUT2D eigenvalue weighted by Crippen LogP contribution is 2.24. The van der Waals surface area contributed by atoms with E-state index in [0.29, 0.717) is 24.6 Å². The summed E-state index contributed by atoms with van der Waals surface area (Å²) in [4.78, 5) is 14.8. The second-order valence-electron chi connectivity index (χ2n) is 6.98. The smallest absolute Gasteiger partial charge is 0.238 e. The van der Waals surface area contributed by atoms with E-state index in [-0.39, 0.29) is 23.8 Å². The van der Waals surface area contributed by atoms with Gasteiger partial charge in [-0.2, -0.15) is 0 Å². The maximum Gasteiger partial charge on any atom is 0.238 e. The largest absolute Gasteiger partial charge is 0.353 e. The summed E-state index contributed by atoms with van der Waals surface area (Å²) in [6.45, 7) is 6.86. The predicted molar refractivity (Wildman–Crippen MR) is 91.8 cm³/mol. The summed E-state index contributed by atoms with van der Waals surface area (Å²) in [5, 5.41) is 3.05. The Labute approximate surface area is 143 Å². The number of hydrazine groups is 1. The lowest BCUT2D eigenvalue weighted by atomic mass is 10.00. The average molecular weight is 334 g/mol. The lowest BCUT2D eigenvalue weighted by Gasteiger charge is -2.24. The van der Waals surface area contributed by atoms with Crippen LogP contribution in [0.1, 0.15) is 43.4 Å². The summed E-state index contributed by atoms with van der Waals surface area (Å²) in [6, 6.07) is 5.24. The molecule has 2 aliphatic rings. The van der Waals surface area contributed by atoms with Gasteiger partial charge in [0.1, 0.15) is 11.9 Å². The molecule has 1 amide bonds. The van der Waals surface area contributed by atoms with Crippen LogP contribution < -0.4 is 16.2 Å². The first-order valence-corrected chi connectivity index (χ1v) is 8.83. The molecule has 0 aromatic heterocycles. The number of nitrogens with zero attached hydrogens (tertiary/aromatic N) is 1. The van der Waals surface area contributed by atoms with Gasteiger partial charge in [0, 0.05) is 18.6 Å². The van der Waals surface area contributed by atoms with Crippen molar-refractivity contribution < 1.29 is 9.18 Å². The molecule has 0 saturated carbocycles. The average Bonchev–Trinajstić information content (AvgIpc) is 3.26. The van der Waals surface area contributed by atoms with E-state index in [1.807, 2.05) is 6.07 Å². The Bertz CT molecular complexity index is 588. The molecule has 6 heteroatoms. The van der Waals surface area contributed by atoms with Gasteiger partial charge < -0.3 is 5.32 Å². The second-order valence-corrected chi connectivity index (χ2v) is 6.98. The molecule has 2 aliphatic heterocycles. The van der Waals surface area contributed by atoms with Gasteiger partial charge in [-0.3, -0.25) is 9.69 Å². The first-order valence-electron chi connectivity index (χ1n) is 8.83. The highest BCUT2D eigenvalue weighted by atomic mass is 19.1. The van der Waals surface area contributed by atoms with Gasteiger partial charge in [0.2, 0.25) is 5.91 Å². The zero-order valence-electron chi connectivity index (χ0n) is 14.4. The van der Waals surface area contributed by atoms with Crippen molar-refractivity contribution in [3.8, 4) is 0 Å². The molecule has 1 aromatic rings. The summed E-state index contributed by atoms with van der Waals surface area (Å²) in [5.74, 6) is -0.176. The van der Waals surface area contributed by atoms with Gasteiger partial charge in [0.15, 0.2) is 0 Å². The summed E-state index contributed by atoms with van der Waals surface area (Å²) in [7, 11) is 0. The lowest BCUT2D eigenvalue weighted by molar-refractivity contribution is -0.123. The van der Waals surface area contributed by atoms with Crippen LogP contribution in [0.25, 0.3) is 0 Å². The number of benzene rings is 1. The van der Waals surface area contributed by atoms with Gasteiger partial charge in [0.05, 0.1) is 0 Å². The zero-order chi connectivity index (χ0) is 17.1. The van der Waals surface area contributed by atoms with Crippen molar-refractivity contribution in [1.29, 1.82) is 0 Å². The number of nitrogens with one attached hydrogen (secondary N) is 3. The summed E-state index contributed by atoms with van der Waals surface area (Å²) < 4.78 is 13.4. The van der Waals surface area contributed by atoms with E-state index in [2.05, 4.69) is 28.0 Å². The molecule has 24 heavy (non-hydrogen) atoms. The second kappa shape index (κ2) is 7.59. The standard InChI is InChI=1S/C18H27FN4O/c1-12-9-14(5-6-15(12)19)16-10-17(22-21-16)18(24)20-11-13(2)23-7-3-4-8-23/h5-6,9,13,16-17,21-22H,3-4,7-8,10-11H2,1-2H3,(H,20,24). The molecule has 0 aliphatic carbocycles. The van der Waals surface area contributed by atoms with Gasteiger partial charge in [-0.15, -0.1) is 0 Å². The van der Waals surface area contributed by atoms with Gasteiger partial charge in [-0.05, 0) is 63.4 Å². The number of rotatable bonds is 5. The Morgan fingerprint density at radius 2 is 2.12 bits per heavy atom. The van der Waals surface area contributed by atoms with E-state index in [1.54, 1.807) is 13.0 Å². The predicted octanol–water partition coefficient (Wildman–Crippen LogP) is 1.64. The molecule has 2 heterocycles. The minimum atomic E-state index is -0.258. The molecule has 2 saturated heterocycles. The van der Waals surface area contributed by atoms with Crippen molar-refractivity contribution in [3.63, 3.8) is 0 Å². The fourth-order valence-electron chi connectivity index (χ4n) is 3.51. The van der Waals surface area contributed by atoms with E-state index < -0.39 is 0 Å². The Kier molecular flexibility index (Phi) is 5.48. The molecule has 3 unspecified atom stereocenters. The van der Waals surface area contributed by atoms with Crippen LogP contribution in [0.2, 0.25) is 0 Å². The van der Waals surface area contributed by atoms with E-state index in [4.69, 9.17) is 0 Å². The van der Waals surface area contributed by atoms with Gasteiger partial charge >= 0.3 is 0 Å². The monoisotopic (exact) mass is 334 g/mol. The first kappa shape index (κ1) is 17.3. The third-order valence-electron chi connectivity index (χ3n) is 5.14. The fraction of sp³-hybridized carbons (Fsp3) is 0.611. The van der Waals surface area contributed by atoms with Crippen LogP contribution in [0.4, 0.5) is 4.39 Å².